The Morgan fingerprint density at radius 2 is 1.83 bits per heavy atom. The van der Waals surface area contributed by atoms with Crippen molar-refractivity contribution in [2.75, 3.05) is 0 Å². The number of hydrogen-bond donors (Lipinski definition) is 0. The van der Waals surface area contributed by atoms with Gasteiger partial charge in [-0.05, 0) is 48.6 Å². The third-order valence-electron chi connectivity index (χ3n) is 3.27. The third kappa shape index (κ3) is 6.05. The van der Waals surface area contributed by atoms with E-state index in [2.05, 4.69) is 71.0 Å². The van der Waals surface area contributed by atoms with Gasteiger partial charge in [-0.2, -0.15) is 0 Å². The van der Waals surface area contributed by atoms with Gasteiger partial charge in [0.1, 0.15) is 0 Å². The zero-order valence-corrected chi connectivity index (χ0v) is 12.7. The fraction of sp³-hybridized carbons (Fsp3) is 0.556. The van der Waals surface area contributed by atoms with E-state index in [1.54, 1.807) is 0 Å². The van der Waals surface area contributed by atoms with Gasteiger partial charge in [0, 0.05) is 0 Å². The summed E-state index contributed by atoms with van der Waals surface area (Å²) >= 11 is 0. The smallest absolute Gasteiger partial charge is 0.0203 e. The molecular weight excluding hydrogens is 216 g/mol. The highest BCUT2D eigenvalue weighted by atomic mass is 14.1. The molecule has 1 atom stereocenters. The highest BCUT2D eigenvalue weighted by molar-refractivity contribution is 5.25. The van der Waals surface area contributed by atoms with E-state index in [1.807, 2.05) is 0 Å². The van der Waals surface area contributed by atoms with Crippen LogP contribution in [0.5, 0.6) is 0 Å². The molecule has 1 rings (SSSR count). The molecule has 1 aromatic carbocycles. The minimum absolute atomic E-state index is 0.319. The summed E-state index contributed by atoms with van der Waals surface area (Å²) in [6.45, 7) is 11.3. The van der Waals surface area contributed by atoms with Crippen molar-refractivity contribution in [3.8, 4) is 0 Å². The maximum Gasteiger partial charge on any atom is -0.0203 e. The standard InChI is InChI=1S/C18H28/c1-15(10-8-9-13-18(3,4)5)14-17-12-7-6-11-16(17)2/h6-7,9,11-13,15H,8,10,14H2,1-5H3/b13-9+. The lowest BCUT2D eigenvalue weighted by Gasteiger charge is -2.13. The Hall–Kier alpha value is -1.04. The molecule has 0 aliphatic heterocycles. The van der Waals surface area contributed by atoms with Crippen molar-refractivity contribution in [1.82, 2.24) is 0 Å². The summed E-state index contributed by atoms with van der Waals surface area (Å²) in [6, 6.07) is 8.74. The first-order chi connectivity index (χ1) is 8.38. The van der Waals surface area contributed by atoms with Gasteiger partial charge in [0.2, 0.25) is 0 Å². The molecule has 0 amide bonds. The van der Waals surface area contributed by atoms with Gasteiger partial charge < -0.3 is 0 Å². The van der Waals surface area contributed by atoms with E-state index in [9.17, 15) is 0 Å². The van der Waals surface area contributed by atoms with Crippen LogP contribution in [-0.4, -0.2) is 0 Å². The molecule has 18 heavy (non-hydrogen) atoms. The molecular formula is C18H28. The van der Waals surface area contributed by atoms with Crippen LogP contribution in [0.25, 0.3) is 0 Å². The Kier molecular flexibility index (Phi) is 5.65. The summed E-state index contributed by atoms with van der Waals surface area (Å²) < 4.78 is 0. The predicted octanol–water partition coefficient (Wildman–Crippen LogP) is 5.56. The Bertz CT molecular complexity index is 379. The molecule has 0 saturated carbocycles. The molecule has 0 aromatic heterocycles. The monoisotopic (exact) mass is 244 g/mol. The lowest BCUT2D eigenvalue weighted by molar-refractivity contribution is 0.521. The van der Waals surface area contributed by atoms with Crippen molar-refractivity contribution < 1.29 is 0 Å². The molecule has 0 aliphatic carbocycles. The van der Waals surface area contributed by atoms with E-state index in [0.717, 1.165) is 5.92 Å². The molecule has 0 N–H and O–H groups in total. The van der Waals surface area contributed by atoms with E-state index in [0.29, 0.717) is 5.41 Å². The molecule has 0 saturated heterocycles. The third-order valence-corrected chi connectivity index (χ3v) is 3.27. The molecule has 0 radical (unpaired) electrons. The first-order valence-corrected chi connectivity index (χ1v) is 7.11. The summed E-state index contributed by atoms with van der Waals surface area (Å²) in [5.41, 5.74) is 3.25. The summed E-state index contributed by atoms with van der Waals surface area (Å²) in [7, 11) is 0. The molecule has 1 unspecified atom stereocenters. The fourth-order valence-electron chi connectivity index (χ4n) is 2.13. The molecule has 0 nitrogen and oxygen atoms in total. The van der Waals surface area contributed by atoms with Gasteiger partial charge in [0.05, 0.1) is 0 Å². The van der Waals surface area contributed by atoms with Crippen LogP contribution in [-0.2, 0) is 6.42 Å². The van der Waals surface area contributed by atoms with Gasteiger partial charge >= 0.3 is 0 Å². The van der Waals surface area contributed by atoms with Crippen LogP contribution in [0.3, 0.4) is 0 Å². The van der Waals surface area contributed by atoms with E-state index in [-0.39, 0.29) is 0 Å². The number of rotatable bonds is 5. The molecule has 0 spiro atoms. The van der Waals surface area contributed by atoms with Gasteiger partial charge in [-0.1, -0.05) is 64.1 Å². The maximum absolute atomic E-state index is 2.36. The highest BCUT2D eigenvalue weighted by Gasteiger charge is 2.06. The molecule has 0 fully saturated rings. The molecule has 0 aliphatic rings. The van der Waals surface area contributed by atoms with Crippen LogP contribution in [0.15, 0.2) is 36.4 Å². The fourth-order valence-corrected chi connectivity index (χ4v) is 2.13. The summed E-state index contributed by atoms with van der Waals surface area (Å²) in [5, 5.41) is 0. The maximum atomic E-state index is 2.36. The summed E-state index contributed by atoms with van der Waals surface area (Å²) in [5.74, 6) is 0.760. The largest absolute Gasteiger partial charge is 0.0880 e. The zero-order valence-electron chi connectivity index (χ0n) is 12.7. The van der Waals surface area contributed by atoms with Gasteiger partial charge in [0.15, 0.2) is 0 Å². The van der Waals surface area contributed by atoms with Gasteiger partial charge in [-0.15, -0.1) is 0 Å². The normalized spacial score (nSPS) is 14.1. The number of allylic oxidation sites excluding steroid dienone is 2. The average molecular weight is 244 g/mol. The zero-order chi connectivity index (χ0) is 13.6. The van der Waals surface area contributed by atoms with Gasteiger partial charge in [-0.25, -0.2) is 0 Å². The predicted molar refractivity (Wildman–Crippen MR) is 81.9 cm³/mol. The molecule has 1 aromatic rings. The second-order valence-electron chi connectivity index (χ2n) is 6.58. The second kappa shape index (κ2) is 6.78. The van der Waals surface area contributed by atoms with Crippen LogP contribution in [0.4, 0.5) is 0 Å². The van der Waals surface area contributed by atoms with Gasteiger partial charge in [0.25, 0.3) is 0 Å². The molecule has 0 heterocycles. The minimum atomic E-state index is 0.319. The first-order valence-electron chi connectivity index (χ1n) is 7.11. The number of hydrogen-bond acceptors (Lipinski definition) is 0. The van der Waals surface area contributed by atoms with E-state index in [4.69, 9.17) is 0 Å². The Morgan fingerprint density at radius 1 is 1.17 bits per heavy atom. The van der Waals surface area contributed by atoms with Crippen LogP contribution in [0, 0.1) is 18.3 Å². The molecule has 0 bridgehead atoms. The van der Waals surface area contributed by atoms with Crippen LogP contribution >= 0.6 is 0 Å². The lowest BCUT2D eigenvalue weighted by atomic mass is 9.92. The van der Waals surface area contributed by atoms with Crippen LogP contribution < -0.4 is 0 Å². The Morgan fingerprint density at radius 3 is 2.44 bits per heavy atom. The number of benzene rings is 1. The highest BCUT2D eigenvalue weighted by Crippen LogP contribution is 2.19. The van der Waals surface area contributed by atoms with Crippen molar-refractivity contribution in [1.29, 1.82) is 0 Å². The minimum Gasteiger partial charge on any atom is -0.0880 e. The van der Waals surface area contributed by atoms with E-state index >= 15 is 0 Å². The van der Waals surface area contributed by atoms with Crippen molar-refractivity contribution in [3.05, 3.63) is 47.5 Å². The second-order valence-corrected chi connectivity index (χ2v) is 6.58. The van der Waals surface area contributed by atoms with E-state index < -0.39 is 0 Å². The molecule has 100 valence electrons. The summed E-state index contributed by atoms with van der Waals surface area (Å²) in [4.78, 5) is 0. The Labute approximate surface area is 113 Å². The van der Waals surface area contributed by atoms with Gasteiger partial charge in [-0.3, -0.25) is 0 Å². The Balaban J connectivity index is 2.37. The van der Waals surface area contributed by atoms with Crippen molar-refractivity contribution in [2.24, 2.45) is 11.3 Å². The summed E-state index contributed by atoms with van der Waals surface area (Å²) in [6.07, 6.45) is 8.35. The average Bonchev–Trinajstić information content (AvgIpc) is 2.26. The van der Waals surface area contributed by atoms with Crippen molar-refractivity contribution >= 4 is 0 Å². The quantitative estimate of drug-likeness (QED) is 0.595. The van der Waals surface area contributed by atoms with Crippen molar-refractivity contribution in [3.63, 3.8) is 0 Å². The van der Waals surface area contributed by atoms with Crippen LogP contribution in [0.1, 0.15) is 51.7 Å². The van der Waals surface area contributed by atoms with Crippen LogP contribution in [0.2, 0.25) is 0 Å². The SMILES string of the molecule is Cc1ccccc1CC(C)CC/C=C/C(C)(C)C. The molecule has 0 heteroatoms. The number of aryl methyl sites for hydroxylation is 1. The topological polar surface area (TPSA) is 0 Å². The van der Waals surface area contributed by atoms with E-state index in [1.165, 1.54) is 30.4 Å². The van der Waals surface area contributed by atoms with Crippen molar-refractivity contribution in [2.45, 2.75) is 53.9 Å². The lowest BCUT2D eigenvalue weighted by Crippen LogP contribution is -2.02. The first kappa shape index (κ1) is 15.0.